The van der Waals surface area contributed by atoms with Crippen LogP contribution >= 0.6 is 11.3 Å². The number of hydrogen-bond acceptors (Lipinski definition) is 4. The second kappa shape index (κ2) is 7.72. The van der Waals surface area contributed by atoms with Crippen molar-refractivity contribution in [2.45, 2.75) is 0 Å². The summed E-state index contributed by atoms with van der Waals surface area (Å²) < 4.78 is 19.3. The second-order valence-corrected chi connectivity index (χ2v) is 6.15. The molecule has 1 amide bonds. The van der Waals surface area contributed by atoms with E-state index in [0.29, 0.717) is 22.0 Å². The quantitative estimate of drug-likeness (QED) is 0.518. The highest BCUT2D eigenvalue weighted by Crippen LogP contribution is 2.26. The third kappa shape index (κ3) is 4.51. The Kier molecular flexibility index (Phi) is 5.20. The fourth-order valence-corrected chi connectivity index (χ4v) is 2.99. The Morgan fingerprint density at radius 2 is 2.08 bits per heavy atom. The maximum absolute atomic E-state index is 13.2. The number of benzene rings is 2. The molecule has 0 radical (unpaired) electrons. The van der Waals surface area contributed by atoms with Gasteiger partial charge in [-0.3, -0.25) is 10.1 Å². The van der Waals surface area contributed by atoms with Crippen LogP contribution < -0.4 is 10.1 Å². The smallest absolute Gasteiger partial charge is 0.250 e. The Balaban J connectivity index is 1.62. The summed E-state index contributed by atoms with van der Waals surface area (Å²) in [6.45, 7) is 4.04. The molecule has 0 aliphatic carbocycles. The molecule has 126 valence electrons. The SMILES string of the molecule is C=CCOc1ccc(/C=C/C(=O)Nc2nc3ccc(F)cc3s2)cc1. The molecule has 4 nitrogen and oxygen atoms in total. The van der Waals surface area contributed by atoms with E-state index in [2.05, 4.69) is 16.9 Å². The standard InChI is InChI=1S/C19H15FN2O2S/c1-2-11-24-15-7-3-13(4-8-15)5-10-18(23)22-19-21-16-9-6-14(20)12-17(16)25-19/h2-10,12H,1,11H2,(H,21,22,23)/b10-5+. The predicted molar refractivity (Wildman–Crippen MR) is 99.4 cm³/mol. The first-order valence-electron chi connectivity index (χ1n) is 7.53. The van der Waals surface area contributed by atoms with Crippen molar-refractivity contribution in [2.24, 2.45) is 0 Å². The van der Waals surface area contributed by atoms with E-state index in [0.717, 1.165) is 11.3 Å². The first-order chi connectivity index (χ1) is 12.1. The van der Waals surface area contributed by atoms with Crippen LogP contribution in [0, 0.1) is 5.82 Å². The molecule has 0 saturated heterocycles. The Hall–Kier alpha value is -2.99. The Morgan fingerprint density at radius 1 is 1.28 bits per heavy atom. The predicted octanol–water partition coefficient (Wildman–Crippen LogP) is 4.65. The van der Waals surface area contributed by atoms with E-state index in [1.807, 2.05) is 24.3 Å². The minimum atomic E-state index is -0.325. The van der Waals surface area contributed by atoms with Crippen molar-refractivity contribution in [2.75, 3.05) is 11.9 Å². The van der Waals surface area contributed by atoms with E-state index in [1.165, 1.54) is 29.5 Å². The number of aromatic nitrogens is 1. The number of ether oxygens (including phenoxy) is 1. The van der Waals surface area contributed by atoms with Gasteiger partial charge in [-0.05, 0) is 42.0 Å². The van der Waals surface area contributed by atoms with Crippen LogP contribution in [0.5, 0.6) is 5.75 Å². The molecule has 1 aromatic heterocycles. The van der Waals surface area contributed by atoms with Crippen molar-refractivity contribution >= 4 is 38.7 Å². The average Bonchev–Trinajstić information content (AvgIpc) is 3.00. The van der Waals surface area contributed by atoms with Gasteiger partial charge in [0.2, 0.25) is 5.91 Å². The molecule has 3 aromatic rings. The normalized spacial score (nSPS) is 10.9. The molecule has 0 aliphatic rings. The van der Waals surface area contributed by atoms with Crippen LogP contribution in [0.15, 0.2) is 61.2 Å². The first kappa shape index (κ1) is 16.9. The van der Waals surface area contributed by atoms with E-state index in [1.54, 1.807) is 18.2 Å². The van der Waals surface area contributed by atoms with Crippen LogP contribution in [-0.2, 0) is 4.79 Å². The lowest BCUT2D eigenvalue weighted by Crippen LogP contribution is -2.07. The summed E-state index contributed by atoms with van der Waals surface area (Å²) in [4.78, 5) is 16.2. The molecule has 1 heterocycles. The van der Waals surface area contributed by atoms with Gasteiger partial charge in [0.25, 0.3) is 0 Å². The van der Waals surface area contributed by atoms with Crippen molar-refractivity contribution in [3.8, 4) is 5.75 Å². The maximum atomic E-state index is 13.2. The van der Waals surface area contributed by atoms with Crippen molar-refractivity contribution in [1.82, 2.24) is 4.98 Å². The van der Waals surface area contributed by atoms with E-state index in [-0.39, 0.29) is 11.7 Å². The topological polar surface area (TPSA) is 51.2 Å². The Morgan fingerprint density at radius 3 is 2.84 bits per heavy atom. The van der Waals surface area contributed by atoms with Crippen molar-refractivity contribution in [3.05, 3.63) is 72.6 Å². The number of fused-ring (bicyclic) bond motifs is 1. The van der Waals surface area contributed by atoms with Crippen LogP contribution in [0.25, 0.3) is 16.3 Å². The molecule has 25 heavy (non-hydrogen) atoms. The molecule has 0 atom stereocenters. The van der Waals surface area contributed by atoms with Gasteiger partial charge in [-0.1, -0.05) is 36.1 Å². The molecular weight excluding hydrogens is 339 g/mol. The van der Waals surface area contributed by atoms with E-state index >= 15 is 0 Å². The average molecular weight is 354 g/mol. The highest BCUT2D eigenvalue weighted by Gasteiger charge is 2.06. The minimum Gasteiger partial charge on any atom is -0.490 e. The molecule has 0 saturated carbocycles. The minimum absolute atomic E-state index is 0.300. The van der Waals surface area contributed by atoms with Crippen LogP contribution in [0.3, 0.4) is 0 Å². The molecule has 3 rings (SSSR count). The molecule has 2 aromatic carbocycles. The summed E-state index contributed by atoms with van der Waals surface area (Å²) in [5.41, 5.74) is 1.52. The zero-order chi connectivity index (χ0) is 17.6. The molecular formula is C19H15FN2O2S. The van der Waals surface area contributed by atoms with E-state index in [9.17, 15) is 9.18 Å². The molecule has 0 bridgehead atoms. The summed E-state index contributed by atoms with van der Waals surface area (Å²) >= 11 is 1.23. The van der Waals surface area contributed by atoms with Gasteiger partial charge in [-0.2, -0.15) is 0 Å². The van der Waals surface area contributed by atoms with Crippen molar-refractivity contribution < 1.29 is 13.9 Å². The van der Waals surface area contributed by atoms with Gasteiger partial charge >= 0.3 is 0 Å². The zero-order valence-electron chi connectivity index (χ0n) is 13.2. The number of nitrogens with zero attached hydrogens (tertiary/aromatic N) is 1. The number of carbonyl (C=O) groups is 1. The van der Waals surface area contributed by atoms with Crippen molar-refractivity contribution in [3.63, 3.8) is 0 Å². The fraction of sp³-hybridized carbons (Fsp3) is 0.0526. The summed E-state index contributed by atoms with van der Waals surface area (Å²) in [5, 5.41) is 3.12. The van der Waals surface area contributed by atoms with E-state index < -0.39 is 0 Å². The lowest BCUT2D eigenvalue weighted by molar-refractivity contribution is -0.111. The van der Waals surface area contributed by atoms with Gasteiger partial charge in [-0.25, -0.2) is 9.37 Å². The number of thiazole rings is 1. The van der Waals surface area contributed by atoms with Gasteiger partial charge in [0.05, 0.1) is 10.2 Å². The summed E-state index contributed by atoms with van der Waals surface area (Å²) in [7, 11) is 0. The lowest BCUT2D eigenvalue weighted by atomic mass is 10.2. The number of halogens is 1. The summed E-state index contributed by atoms with van der Waals surface area (Å²) in [6, 6.07) is 11.7. The summed E-state index contributed by atoms with van der Waals surface area (Å²) in [5.74, 6) is 0.115. The Bertz CT molecular complexity index is 932. The van der Waals surface area contributed by atoms with Crippen LogP contribution in [0.2, 0.25) is 0 Å². The molecule has 1 N–H and O–H groups in total. The van der Waals surface area contributed by atoms with Gasteiger partial charge in [0.1, 0.15) is 18.2 Å². The van der Waals surface area contributed by atoms with Crippen LogP contribution in [0.4, 0.5) is 9.52 Å². The largest absolute Gasteiger partial charge is 0.490 e. The molecule has 0 spiro atoms. The third-order valence-electron chi connectivity index (χ3n) is 3.26. The zero-order valence-corrected chi connectivity index (χ0v) is 14.1. The highest BCUT2D eigenvalue weighted by atomic mass is 32.1. The fourth-order valence-electron chi connectivity index (χ4n) is 2.10. The molecule has 0 aliphatic heterocycles. The first-order valence-corrected chi connectivity index (χ1v) is 8.34. The molecule has 0 unspecified atom stereocenters. The number of carbonyl (C=O) groups excluding carboxylic acids is 1. The molecule has 0 fully saturated rings. The van der Waals surface area contributed by atoms with E-state index in [4.69, 9.17) is 4.74 Å². The van der Waals surface area contributed by atoms with Crippen LogP contribution in [0.1, 0.15) is 5.56 Å². The highest BCUT2D eigenvalue weighted by molar-refractivity contribution is 7.22. The van der Waals surface area contributed by atoms with Gasteiger partial charge in [-0.15, -0.1) is 0 Å². The number of hydrogen-bond donors (Lipinski definition) is 1. The Labute approximate surface area is 148 Å². The molecule has 6 heteroatoms. The number of nitrogens with one attached hydrogen (secondary N) is 1. The van der Waals surface area contributed by atoms with Crippen molar-refractivity contribution in [1.29, 1.82) is 0 Å². The van der Waals surface area contributed by atoms with Gasteiger partial charge in [0, 0.05) is 6.08 Å². The summed E-state index contributed by atoms with van der Waals surface area (Å²) in [6.07, 6.45) is 4.79. The lowest BCUT2D eigenvalue weighted by Gasteiger charge is -2.02. The van der Waals surface area contributed by atoms with Gasteiger partial charge in [0.15, 0.2) is 5.13 Å². The second-order valence-electron chi connectivity index (χ2n) is 5.12. The number of rotatable bonds is 6. The van der Waals surface area contributed by atoms with Crippen LogP contribution in [-0.4, -0.2) is 17.5 Å². The van der Waals surface area contributed by atoms with Gasteiger partial charge < -0.3 is 4.74 Å². The number of anilines is 1. The third-order valence-corrected chi connectivity index (χ3v) is 4.19. The monoisotopic (exact) mass is 354 g/mol. The maximum Gasteiger partial charge on any atom is 0.250 e. The number of amides is 1.